The number of hydrogen-bond acceptors (Lipinski definition) is 5. The monoisotopic (exact) mass is 309 g/mol. The lowest BCUT2D eigenvalue weighted by atomic mass is 10.2. The maximum atomic E-state index is 12.0. The number of carbonyl (C=O) groups is 1. The van der Waals surface area contributed by atoms with E-state index < -0.39 is 0 Å². The number of rotatable bonds is 5. The minimum Gasteiger partial charge on any atom is -0.496 e. The molecule has 0 aliphatic carbocycles. The number of aromatic nitrogens is 4. The van der Waals surface area contributed by atoms with Crippen molar-refractivity contribution >= 4 is 11.6 Å². The Morgan fingerprint density at radius 1 is 1.13 bits per heavy atom. The Morgan fingerprint density at radius 2 is 1.87 bits per heavy atom. The van der Waals surface area contributed by atoms with Crippen LogP contribution in [0, 0.1) is 0 Å². The smallest absolute Gasteiger partial charge is 0.248 e. The summed E-state index contributed by atoms with van der Waals surface area (Å²) in [5.74, 6) is 0.843. The Balaban J connectivity index is 1.71. The highest BCUT2D eigenvalue weighted by molar-refractivity contribution is 5.90. The second-order valence-corrected chi connectivity index (χ2v) is 4.76. The molecule has 0 aliphatic rings. The fourth-order valence-electron chi connectivity index (χ4n) is 2.10. The molecule has 1 amide bonds. The molecule has 3 aromatic rings. The Morgan fingerprint density at radius 3 is 2.65 bits per heavy atom. The van der Waals surface area contributed by atoms with Crippen molar-refractivity contribution in [2.45, 2.75) is 6.54 Å². The van der Waals surface area contributed by atoms with E-state index in [4.69, 9.17) is 4.74 Å². The van der Waals surface area contributed by atoms with Crippen molar-refractivity contribution in [3.63, 3.8) is 0 Å². The third-order valence-corrected chi connectivity index (χ3v) is 3.14. The number of anilines is 1. The zero-order valence-corrected chi connectivity index (χ0v) is 12.5. The maximum absolute atomic E-state index is 12.0. The lowest BCUT2D eigenvalue weighted by Gasteiger charge is -2.04. The minimum absolute atomic E-state index is 0.0168. The zero-order valence-electron chi connectivity index (χ0n) is 12.5. The van der Waals surface area contributed by atoms with Gasteiger partial charge in [0.25, 0.3) is 0 Å². The van der Waals surface area contributed by atoms with Crippen LogP contribution in [-0.4, -0.2) is 33.2 Å². The van der Waals surface area contributed by atoms with Crippen molar-refractivity contribution in [2.24, 2.45) is 0 Å². The van der Waals surface area contributed by atoms with Crippen LogP contribution in [0.2, 0.25) is 0 Å². The van der Waals surface area contributed by atoms with Gasteiger partial charge in [0.05, 0.1) is 12.7 Å². The number of benzene rings is 2. The first-order valence-corrected chi connectivity index (χ1v) is 7.02. The van der Waals surface area contributed by atoms with E-state index >= 15 is 0 Å². The second kappa shape index (κ2) is 6.69. The van der Waals surface area contributed by atoms with E-state index in [1.807, 2.05) is 54.6 Å². The molecular weight excluding hydrogens is 294 g/mol. The molecule has 1 aromatic heterocycles. The molecule has 0 saturated carbocycles. The van der Waals surface area contributed by atoms with Gasteiger partial charge in [-0.2, -0.15) is 4.80 Å². The molecule has 0 spiro atoms. The molecule has 0 radical (unpaired) electrons. The van der Waals surface area contributed by atoms with Crippen molar-refractivity contribution in [3.05, 3.63) is 54.6 Å². The molecule has 0 atom stereocenters. The third kappa shape index (κ3) is 3.52. The molecular formula is C16H15N5O2. The SMILES string of the molecule is COc1ccccc1-c1nnn(CC(=O)Nc2ccccc2)n1. The fraction of sp³-hybridized carbons (Fsp3) is 0.125. The van der Waals surface area contributed by atoms with Gasteiger partial charge in [-0.3, -0.25) is 4.79 Å². The predicted molar refractivity (Wildman–Crippen MR) is 84.9 cm³/mol. The number of nitrogens with zero attached hydrogens (tertiary/aromatic N) is 4. The molecule has 0 aliphatic heterocycles. The number of tetrazole rings is 1. The normalized spacial score (nSPS) is 10.3. The molecule has 116 valence electrons. The van der Waals surface area contributed by atoms with Gasteiger partial charge >= 0.3 is 0 Å². The number of methoxy groups -OCH3 is 1. The first-order chi connectivity index (χ1) is 11.3. The quantitative estimate of drug-likeness (QED) is 0.779. The summed E-state index contributed by atoms with van der Waals surface area (Å²) in [5, 5.41) is 14.9. The third-order valence-electron chi connectivity index (χ3n) is 3.14. The van der Waals surface area contributed by atoms with Gasteiger partial charge < -0.3 is 10.1 Å². The molecule has 0 unspecified atom stereocenters. The number of para-hydroxylation sites is 2. The molecule has 0 saturated heterocycles. The average Bonchev–Trinajstić information content (AvgIpc) is 3.03. The van der Waals surface area contributed by atoms with E-state index in [-0.39, 0.29) is 12.5 Å². The number of amides is 1. The van der Waals surface area contributed by atoms with Crippen LogP contribution in [-0.2, 0) is 11.3 Å². The summed E-state index contributed by atoms with van der Waals surface area (Å²) in [4.78, 5) is 13.2. The van der Waals surface area contributed by atoms with Gasteiger partial charge in [-0.1, -0.05) is 30.3 Å². The standard InChI is InChI=1S/C16H15N5O2/c1-23-14-10-6-5-9-13(14)16-18-20-21(19-16)11-15(22)17-12-7-3-2-4-8-12/h2-10H,11H2,1H3,(H,17,22). The Labute approximate surface area is 132 Å². The topological polar surface area (TPSA) is 81.9 Å². The highest BCUT2D eigenvalue weighted by atomic mass is 16.5. The minimum atomic E-state index is -0.222. The number of nitrogens with one attached hydrogen (secondary N) is 1. The van der Waals surface area contributed by atoms with Crippen molar-refractivity contribution < 1.29 is 9.53 Å². The van der Waals surface area contributed by atoms with E-state index in [2.05, 4.69) is 20.7 Å². The van der Waals surface area contributed by atoms with Crippen LogP contribution >= 0.6 is 0 Å². The molecule has 23 heavy (non-hydrogen) atoms. The lowest BCUT2D eigenvalue weighted by molar-refractivity contribution is -0.117. The van der Waals surface area contributed by atoms with Gasteiger partial charge in [0.1, 0.15) is 12.3 Å². The predicted octanol–water partition coefficient (Wildman–Crippen LogP) is 1.99. The summed E-state index contributed by atoms with van der Waals surface area (Å²) < 4.78 is 5.27. The van der Waals surface area contributed by atoms with Crippen LogP contribution in [0.1, 0.15) is 0 Å². The van der Waals surface area contributed by atoms with Crippen LogP contribution in [0.3, 0.4) is 0 Å². The molecule has 0 bridgehead atoms. The van der Waals surface area contributed by atoms with Gasteiger partial charge in [0.15, 0.2) is 0 Å². The summed E-state index contributed by atoms with van der Waals surface area (Å²) >= 11 is 0. The van der Waals surface area contributed by atoms with E-state index in [0.29, 0.717) is 11.6 Å². The molecule has 1 heterocycles. The Bertz CT molecular complexity index is 801. The molecule has 2 aromatic carbocycles. The Kier molecular flexibility index (Phi) is 4.28. The highest BCUT2D eigenvalue weighted by Gasteiger charge is 2.12. The highest BCUT2D eigenvalue weighted by Crippen LogP contribution is 2.25. The van der Waals surface area contributed by atoms with E-state index in [9.17, 15) is 4.79 Å². The summed E-state index contributed by atoms with van der Waals surface area (Å²) in [5.41, 5.74) is 1.45. The zero-order chi connectivity index (χ0) is 16.1. The lowest BCUT2D eigenvalue weighted by Crippen LogP contribution is -2.20. The van der Waals surface area contributed by atoms with Crippen molar-refractivity contribution in [3.8, 4) is 17.1 Å². The largest absolute Gasteiger partial charge is 0.496 e. The summed E-state index contributed by atoms with van der Waals surface area (Å²) in [6.45, 7) is -0.0168. The van der Waals surface area contributed by atoms with Gasteiger partial charge in [-0.15, -0.1) is 10.2 Å². The number of hydrogen-bond donors (Lipinski definition) is 1. The summed E-state index contributed by atoms with van der Waals surface area (Å²) in [6, 6.07) is 16.6. The Hall–Kier alpha value is -3.22. The van der Waals surface area contributed by atoms with Crippen LogP contribution < -0.4 is 10.1 Å². The summed E-state index contributed by atoms with van der Waals surface area (Å²) in [7, 11) is 1.58. The van der Waals surface area contributed by atoms with E-state index in [1.54, 1.807) is 7.11 Å². The van der Waals surface area contributed by atoms with Gasteiger partial charge in [0, 0.05) is 5.69 Å². The first-order valence-electron chi connectivity index (χ1n) is 7.02. The molecule has 1 N–H and O–H groups in total. The molecule has 7 nitrogen and oxygen atoms in total. The van der Waals surface area contributed by atoms with Crippen LogP contribution in [0.25, 0.3) is 11.4 Å². The van der Waals surface area contributed by atoms with Crippen LogP contribution in [0.15, 0.2) is 54.6 Å². The second-order valence-electron chi connectivity index (χ2n) is 4.76. The summed E-state index contributed by atoms with van der Waals surface area (Å²) in [6.07, 6.45) is 0. The van der Waals surface area contributed by atoms with Crippen molar-refractivity contribution in [1.82, 2.24) is 20.2 Å². The van der Waals surface area contributed by atoms with Crippen molar-refractivity contribution in [1.29, 1.82) is 0 Å². The first kappa shape index (κ1) is 14.7. The van der Waals surface area contributed by atoms with Gasteiger partial charge in [-0.05, 0) is 29.5 Å². The average molecular weight is 309 g/mol. The van der Waals surface area contributed by atoms with Gasteiger partial charge in [0.2, 0.25) is 11.7 Å². The number of ether oxygens (including phenoxy) is 1. The molecule has 3 rings (SSSR count). The van der Waals surface area contributed by atoms with Crippen LogP contribution in [0.5, 0.6) is 5.75 Å². The molecule has 0 fully saturated rings. The fourth-order valence-corrected chi connectivity index (χ4v) is 2.10. The maximum Gasteiger partial charge on any atom is 0.248 e. The van der Waals surface area contributed by atoms with E-state index in [0.717, 1.165) is 11.3 Å². The van der Waals surface area contributed by atoms with E-state index in [1.165, 1.54) is 4.80 Å². The molecule has 7 heteroatoms. The van der Waals surface area contributed by atoms with Crippen LogP contribution in [0.4, 0.5) is 5.69 Å². The van der Waals surface area contributed by atoms with Gasteiger partial charge in [-0.25, -0.2) is 0 Å². The number of carbonyl (C=O) groups excluding carboxylic acids is 1. The van der Waals surface area contributed by atoms with Crippen molar-refractivity contribution in [2.75, 3.05) is 12.4 Å².